The van der Waals surface area contributed by atoms with Crippen molar-refractivity contribution in [3.05, 3.63) is 39.9 Å². The molecule has 0 spiro atoms. The minimum Gasteiger partial charge on any atom is -0.301 e. The van der Waals surface area contributed by atoms with Gasteiger partial charge in [0.05, 0.1) is 10.6 Å². The highest BCUT2D eigenvalue weighted by Gasteiger charge is 2.43. The van der Waals surface area contributed by atoms with Crippen LogP contribution in [-0.4, -0.2) is 24.1 Å². The third kappa shape index (κ3) is 4.15. The Balaban J connectivity index is 2.36. The number of anilines is 1. The Bertz CT molecular complexity index is 1010. The summed E-state index contributed by atoms with van der Waals surface area (Å²) >= 11 is 6.83. The molecule has 2 rings (SSSR count). The van der Waals surface area contributed by atoms with Crippen molar-refractivity contribution in [1.82, 2.24) is 4.98 Å². The molecule has 0 aliphatic carbocycles. The van der Waals surface area contributed by atoms with Gasteiger partial charge in [0, 0.05) is 10.4 Å². The van der Waals surface area contributed by atoms with Crippen LogP contribution in [0.2, 0.25) is 5.02 Å². The maximum absolute atomic E-state index is 12.9. The predicted molar refractivity (Wildman–Crippen MR) is 107 cm³/mol. The zero-order valence-corrected chi connectivity index (χ0v) is 18.0. The Morgan fingerprint density at radius 2 is 1.74 bits per heavy atom. The molecule has 0 saturated carbocycles. The summed E-state index contributed by atoms with van der Waals surface area (Å²) in [7, 11) is -3.97. The number of aromatic nitrogens is 1. The molecule has 144 valence electrons. The van der Waals surface area contributed by atoms with Crippen molar-refractivity contribution in [3.8, 4) is 6.07 Å². The second-order valence-electron chi connectivity index (χ2n) is 7.48. The number of carbonyl (C=O) groups excluding carboxylic acids is 1. The number of thiazole rings is 1. The van der Waals surface area contributed by atoms with Crippen LogP contribution in [0.1, 0.15) is 45.2 Å². The first-order valence-corrected chi connectivity index (χ1v) is 10.7. The summed E-state index contributed by atoms with van der Waals surface area (Å²) in [5, 5.41) is 12.4. The first-order valence-electron chi connectivity index (χ1n) is 8.04. The second kappa shape index (κ2) is 7.23. The molecule has 6 nitrogen and oxygen atoms in total. The minimum absolute atomic E-state index is 0.000664. The molecule has 9 heteroatoms. The maximum atomic E-state index is 12.9. The van der Waals surface area contributed by atoms with E-state index in [1.165, 1.54) is 38.1 Å². The van der Waals surface area contributed by atoms with E-state index in [2.05, 4.69) is 16.4 Å². The number of hydrogen-bond acceptors (Lipinski definition) is 6. The zero-order valence-electron chi connectivity index (χ0n) is 15.6. The molecule has 1 amide bonds. The number of nitrogens with one attached hydrogen (secondary N) is 1. The van der Waals surface area contributed by atoms with Crippen molar-refractivity contribution in [2.45, 2.75) is 49.7 Å². The predicted octanol–water partition coefficient (Wildman–Crippen LogP) is 4.16. The van der Waals surface area contributed by atoms with Crippen molar-refractivity contribution in [2.24, 2.45) is 0 Å². The molecule has 0 fully saturated rings. The van der Waals surface area contributed by atoms with Crippen LogP contribution in [-0.2, 0) is 20.0 Å². The van der Waals surface area contributed by atoms with Gasteiger partial charge in [0.1, 0.15) is 15.7 Å². The SMILES string of the molecule is CC(C)(C)c1nc(NC(=O)C(C)(C)S(=O)(=O)c2ccc(Cl)cc2)sc1C#N. The molecule has 2 aromatic rings. The lowest BCUT2D eigenvalue weighted by molar-refractivity contribution is -0.117. The molecule has 1 N–H and O–H groups in total. The number of amides is 1. The topological polar surface area (TPSA) is 99.9 Å². The van der Waals surface area contributed by atoms with Gasteiger partial charge in [-0.2, -0.15) is 5.26 Å². The van der Waals surface area contributed by atoms with Crippen molar-refractivity contribution >= 4 is 43.8 Å². The molecule has 0 aliphatic rings. The van der Waals surface area contributed by atoms with Gasteiger partial charge >= 0.3 is 0 Å². The van der Waals surface area contributed by atoms with Gasteiger partial charge in [0.2, 0.25) is 5.91 Å². The largest absolute Gasteiger partial charge is 0.301 e. The average molecular weight is 426 g/mol. The molecule has 0 atom stereocenters. The molecule has 1 aromatic heterocycles. The fourth-order valence-electron chi connectivity index (χ4n) is 2.24. The molecule has 0 bridgehead atoms. The fourth-order valence-corrected chi connectivity index (χ4v) is 4.71. The number of nitriles is 1. The first-order chi connectivity index (χ1) is 12.3. The lowest BCUT2D eigenvalue weighted by Crippen LogP contribution is -2.44. The van der Waals surface area contributed by atoms with Gasteiger partial charge in [-0.05, 0) is 38.1 Å². The highest BCUT2D eigenvalue weighted by atomic mass is 35.5. The lowest BCUT2D eigenvalue weighted by atomic mass is 9.91. The van der Waals surface area contributed by atoms with Crippen molar-refractivity contribution < 1.29 is 13.2 Å². The third-order valence-electron chi connectivity index (χ3n) is 4.00. The Morgan fingerprint density at radius 3 is 2.19 bits per heavy atom. The second-order valence-corrected chi connectivity index (χ2v) is 11.4. The summed E-state index contributed by atoms with van der Waals surface area (Å²) < 4.78 is 24.1. The van der Waals surface area contributed by atoms with Gasteiger partial charge < -0.3 is 5.32 Å². The molecule has 1 heterocycles. The van der Waals surface area contributed by atoms with Crippen molar-refractivity contribution in [2.75, 3.05) is 5.32 Å². The summed E-state index contributed by atoms with van der Waals surface area (Å²) in [5.41, 5.74) is 0.179. The van der Waals surface area contributed by atoms with Crippen LogP contribution >= 0.6 is 22.9 Å². The number of sulfone groups is 1. The van der Waals surface area contributed by atoms with Crippen LogP contribution in [0.3, 0.4) is 0 Å². The fraction of sp³-hybridized carbons (Fsp3) is 0.389. The van der Waals surface area contributed by atoms with Crippen LogP contribution in [0.25, 0.3) is 0 Å². The van der Waals surface area contributed by atoms with Crippen LogP contribution in [0.5, 0.6) is 0 Å². The van der Waals surface area contributed by atoms with E-state index >= 15 is 0 Å². The molecule has 0 unspecified atom stereocenters. The molecule has 1 aromatic carbocycles. The summed E-state index contributed by atoms with van der Waals surface area (Å²) in [6, 6.07) is 7.71. The molecule has 27 heavy (non-hydrogen) atoms. The van der Waals surface area contributed by atoms with E-state index in [0.29, 0.717) is 15.6 Å². The average Bonchev–Trinajstić information content (AvgIpc) is 2.98. The number of rotatable bonds is 4. The van der Waals surface area contributed by atoms with Gasteiger partial charge in [0.15, 0.2) is 15.0 Å². The highest BCUT2D eigenvalue weighted by molar-refractivity contribution is 7.93. The monoisotopic (exact) mass is 425 g/mol. The van der Waals surface area contributed by atoms with E-state index in [0.717, 1.165) is 11.3 Å². The number of halogens is 1. The van der Waals surface area contributed by atoms with Gasteiger partial charge in [-0.15, -0.1) is 0 Å². The van der Waals surface area contributed by atoms with Crippen LogP contribution < -0.4 is 5.32 Å². The van der Waals surface area contributed by atoms with Gasteiger partial charge in [0.25, 0.3) is 0 Å². The van der Waals surface area contributed by atoms with Crippen LogP contribution in [0, 0.1) is 11.3 Å². The van der Waals surface area contributed by atoms with Crippen molar-refractivity contribution in [1.29, 1.82) is 5.26 Å². The molecular weight excluding hydrogens is 406 g/mol. The maximum Gasteiger partial charge on any atom is 0.247 e. The van der Waals surface area contributed by atoms with E-state index in [1.807, 2.05) is 20.8 Å². The normalized spacial score (nSPS) is 12.5. The van der Waals surface area contributed by atoms with E-state index < -0.39 is 20.5 Å². The first kappa shape index (κ1) is 21.4. The van der Waals surface area contributed by atoms with Gasteiger partial charge in [-0.1, -0.05) is 43.7 Å². The summed E-state index contributed by atoms with van der Waals surface area (Å²) in [4.78, 5) is 17.5. The highest BCUT2D eigenvalue weighted by Crippen LogP contribution is 2.33. The molecular formula is C18H20ClN3O3S2. The Morgan fingerprint density at radius 1 is 1.19 bits per heavy atom. The summed E-state index contributed by atoms with van der Waals surface area (Å²) in [5.74, 6) is -0.726. The van der Waals surface area contributed by atoms with E-state index in [4.69, 9.17) is 11.6 Å². The summed E-state index contributed by atoms with van der Waals surface area (Å²) in [6.07, 6.45) is 0. The zero-order chi connectivity index (χ0) is 20.6. The quantitative estimate of drug-likeness (QED) is 0.792. The standard InChI is InChI=1S/C18H20ClN3O3S2/c1-17(2,3)14-13(10-20)26-16(21-14)22-15(23)18(4,5)27(24,25)12-8-6-11(19)7-9-12/h6-9H,1-5H3,(H,21,22,23). The number of benzene rings is 1. The Hall–Kier alpha value is -1.95. The Kier molecular flexibility index (Phi) is 5.71. The lowest BCUT2D eigenvalue weighted by Gasteiger charge is -2.23. The van der Waals surface area contributed by atoms with Gasteiger partial charge in [-0.25, -0.2) is 13.4 Å². The third-order valence-corrected chi connectivity index (χ3v) is 7.55. The molecule has 0 radical (unpaired) electrons. The van der Waals surface area contributed by atoms with E-state index in [1.54, 1.807) is 0 Å². The van der Waals surface area contributed by atoms with E-state index in [9.17, 15) is 18.5 Å². The van der Waals surface area contributed by atoms with Gasteiger partial charge in [-0.3, -0.25) is 4.79 Å². The van der Waals surface area contributed by atoms with Crippen LogP contribution in [0.4, 0.5) is 5.13 Å². The molecule has 0 aliphatic heterocycles. The minimum atomic E-state index is -3.97. The number of hydrogen-bond donors (Lipinski definition) is 1. The Labute approximate surface area is 168 Å². The molecule has 0 saturated heterocycles. The smallest absolute Gasteiger partial charge is 0.247 e. The number of nitrogens with zero attached hydrogens (tertiary/aromatic N) is 2. The number of carbonyl (C=O) groups is 1. The summed E-state index contributed by atoms with van der Waals surface area (Å²) in [6.45, 7) is 8.38. The van der Waals surface area contributed by atoms with E-state index in [-0.39, 0.29) is 15.4 Å². The van der Waals surface area contributed by atoms with Crippen LogP contribution in [0.15, 0.2) is 29.2 Å². The van der Waals surface area contributed by atoms with Crippen molar-refractivity contribution in [3.63, 3.8) is 0 Å².